The number of benzene rings is 1. The molecule has 122 valence electrons. The highest BCUT2D eigenvalue weighted by molar-refractivity contribution is 8.00. The summed E-state index contributed by atoms with van der Waals surface area (Å²) < 4.78 is 0. The molecule has 8 heteroatoms. The van der Waals surface area contributed by atoms with Crippen LogP contribution in [0.5, 0.6) is 0 Å². The fourth-order valence-corrected chi connectivity index (χ4v) is 2.83. The van der Waals surface area contributed by atoms with E-state index in [4.69, 9.17) is 0 Å². The van der Waals surface area contributed by atoms with Crippen molar-refractivity contribution in [3.8, 4) is 0 Å². The number of hydrogen-bond donors (Lipinski definition) is 2. The summed E-state index contributed by atoms with van der Waals surface area (Å²) in [6.07, 6.45) is 0. The Morgan fingerprint density at radius 2 is 1.61 bits per heavy atom. The van der Waals surface area contributed by atoms with E-state index in [1.165, 1.54) is 18.8 Å². The maximum absolute atomic E-state index is 12.1. The van der Waals surface area contributed by atoms with E-state index in [0.717, 1.165) is 4.90 Å². The largest absolute Gasteiger partial charge is 0.358 e. The Hall–Kier alpha value is -2.35. The van der Waals surface area contributed by atoms with Crippen LogP contribution in [0.1, 0.15) is 20.7 Å². The molecule has 0 atom stereocenters. The second kappa shape index (κ2) is 7.77. The van der Waals surface area contributed by atoms with Crippen LogP contribution in [0, 0.1) is 0 Å². The van der Waals surface area contributed by atoms with Crippen LogP contribution in [0.15, 0.2) is 24.3 Å². The standard InChI is InChI=1S/C15H17N3O4S/c1-16-12(19)8-23-9-13(20)17-6-7-18-14(21)10-4-2-3-5-11(10)15(18)22/h2-5H,6-9H2,1H3,(H,16,19)(H,17,20). The number of amides is 4. The van der Waals surface area contributed by atoms with E-state index in [1.807, 2.05) is 0 Å². The van der Waals surface area contributed by atoms with Crippen LogP contribution in [0.4, 0.5) is 0 Å². The Labute approximate surface area is 137 Å². The van der Waals surface area contributed by atoms with Crippen LogP contribution in [0.25, 0.3) is 0 Å². The van der Waals surface area contributed by atoms with Crippen LogP contribution in [0.3, 0.4) is 0 Å². The summed E-state index contributed by atoms with van der Waals surface area (Å²) in [4.78, 5) is 48.0. The zero-order chi connectivity index (χ0) is 16.8. The maximum atomic E-state index is 12.1. The molecule has 0 radical (unpaired) electrons. The summed E-state index contributed by atoms with van der Waals surface area (Å²) in [6.45, 7) is 0.309. The smallest absolute Gasteiger partial charge is 0.261 e. The van der Waals surface area contributed by atoms with Crippen molar-refractivity contribution in [1.29, 1.82) is 0 Å². The van der Waals surface area contributed by atoms with Crippen molar-refractivity contribution in [3.63, 3.8) is 0 Å². The highest BCUT2D eigenvalue weighted by Gasteiger charge is 2.34. The van der Waals surface area contributed by atoms with Gasteiger partial charge in [0.2, 0.25) is 11.8 Å². The Kier molecular flexibility index (Phi) is 5.75. The van der Waals surface area contributed by atoms with E-state index in [0.29, 0.717) is 11.1 Å². The summed E-state index contributed by atoms with van der Waals surface area (Å²) in [6, 6.07) is 6.64. The van der Waals surface area contributed by atoms with E-state index in [1.54, 1.807) is 24.3 Å². The zero-order valence-electron chi connectivity index (χ0n) is 12.6. The number of imide groups is 1. The number of hydrogen-bond acceptors (Lipinski definition) is 5. The molecule has 0 saturated carbocycles. The third kappa shape index (κ3) is 4.10. The van der Waals surface area contributed by atoms with Gasteiger partial charge >= 0.3 is 0 Å². The molecule has 2 N–H and O–H groups in total. The number of thioether (sulfide) groups is 1. The molecular formula is C15H17N3O4S. The lowest BCUT2D eigenvalue weighted by Crippen LogP contribution is -2.38. The molecule has 1 aromatic rings. The minimum absolute atomic E-state index is 0.123. The fraction of sp³-hybridized carbons (Fsp3) is 0.333. The molecule has 0 saturated heterocycles. The number of carbonyl (C=O) groups excluding carboxylic acids is 4. The molecule has 0 bridgehead atoms. The van der Waals surface area contributed by atoms with Gasteiger partial charge in [-0.3, -0.25) is 24.1 Å². The maximum Gasteiger partial charge on any atom is 0.261 e. The molecule has 7 nitrogen and oxygen atoms in total. The molecule has 1 aliphatic heterocycles. The fourth-order valence-electron chi connectivity index (χ4n) is 2.11. The van der Waals surface area contributed by atoms with Crippen LogP contribution in [0.2, 0.25) is 0 Å². The Bertz CT molecular complexity index is 612. The first-order chi connectivity index (χ1) is 11.0. The molecule has 0 aliphatic carbocycles. The van der Waals surface area contributed by atoms with Gasteiger partial charge in [-0.1, -0.05) is 12.1 Å². The van der Waals surface area contributed by atoms with E-state index in [9.17, 15) is 19.2 Å². The molecule has 1 aromatic carbocycles. The van der Waals surface area contributed by atoms with Gasteiger partial charge in [0.05, 0.1) is 22.6 Å². The monoisotopic (exact) mass is 335 g/mol. The number of nitrogens with one attached hydrogen (secondary N) is 2. The van der Waals surface area contributed by atoms with Gasteiger partial charge in [0, 0.05) is 20.1 Å². The molecule has 0 fully saturated rings. The van der Waals surface area contributed by atoms with E-state index < -0.39 is 0 Å². The summed E-state index contributed by atoms with van der Waals surface area (Å²) in [7, 11) is 1.53. The van der Waals surface area contributed by atoms with Gasteiger partial charge < -0.3 is 10.6 Å². The average Bonchev–Trinajstić information content (AvgIpc) is 2.80. The quantitative estimate of drug-likeness (QED) is 0.677. The van der Waals surface area contributed by atoms with Gasteiger partial charge in [-0.05, 0) is 12.1 Å². The van der Waals surface area contributed by atoms with Crippen molar-refractivity contribution < 1.29 is 19.2 Å². The Morgan fingerprint density at radius 1 is 1.04 bits per heavy atom. The van der Waals surface area contributed by atoms with Crippen LogP contribution < -0.4 is 10.6 Å². The summed E-state index contributed by atoms with van der Waals surface area (Å²) in [5, 5.41) is 5.10. The number of fused-ring (bicyclic) bond motifs is 1. The number of carbonyl (C=O) groups is 4. The Balaban J connectivity index is 1.75. The van der Waals surface area contributed by atoms with Gasteiger partial charge in [0.25, 0.3) is 11.8 Å². The second-order valence-electron chi connectivity index (χ2n) is 4.82. The topological polar surface area (TPSA) is 95.6 Å². The molecule has 0 unspecified atom stereocenters. The highest BCUT2D eigenvalue weighted by Crippen LogP contribution is 2.21. The molecular weight excluding hydrogens is 318 g/mol. The predicted molar refractivity (Wildman–Crippen MR) is 86.2 cm³/mol. The van der Waals surface area contributed by atoms with Gasteiger partial charge in [-0.25, -0.2) is 0 Å². The third-order valence-corrected chi connectivity index (χ3v) is 4.21. The third-order valence-electron chi connectivity index (χ3n) is 3.28. The lowest BCUT2D eigenvalue weighted by molar-refractivity contribution is -0.118. The molecule has 4 amide bonds. The predicted octanol–water partition coefficient (Wildman–Crippen LogP) is -0.122. The van der Waals surface area contributed by atoms with Crippen molar-refractivity contribution in [3.05, 3.63) is 35.4 Å². The van der Waals surface area contributed by atoms with Gasteiger partial charge in [-0.15, -0.1) is 11.8 Å². The van der Waals surface area contributed by atoms with Crippen LogP contribution in [-0.2, 0) is 9.59 Å². The van der Waals surface area contributed by atoms with E-state index >= 15 is 0 Å². The SMILES string of the molecule is CNC(=O)CSCC(=O)NCCN1C(=O)c2ccccc2C1=O. The van der Waals surface area contributed by atoms with Crippen molar-refractivity contribution in [1.82, 2.24) is 15.5 Å². The normalized spacial score (nSPS) is 13.0. The Morgan fingerprint density at radius 3 is 2.17 bits per heavy atom. The van der Waals surface area contributed by atoms with Crippen LogP contribution in [-0.4, -0.2) is 60.2 Å². The minimum atomic E-state index is -0.339. The van der Waals surface area contributed by atoms with Crippen molar-refractivity contribution in [2.75, 3.05) is 31.6 Å². The average molecular weight is 335 g/mol. The van der Waals surface area contributed by atoms with E-state index in [-0.39, 0.29) is 48.2 Å². The first kappa shape index (κ1) is 17.0. The van der Waals surface area contributed by atoms with Crippen molar-refractivity contribution >= 4 is 35.4 Å². The first-order valence-electron chi connectivity index (χ1n) is 7.05. The van der Waals surface area contributed by atoms with Gasteiger partial charge in [-0.2, -0.15) is 0 Å². The molecule has 23 heavy (non-hydrogen) atoms. The van der Waals surface area contributed by atoms with Crippen molar-refractivity contribution in [2.24, 2.45) is 0 Å². The second-order valence-corrected chi connectivity index (χ2v) is 5.81. The molecule has 1 aliphatic rings. The molecule has 0 spiro atoms. The van der Waals surface area contributed by atoms with Crippen LogP contribution >= 0.6 is 11.8 Å². The lowest BCUT2D eigenvalue weighted by Gasteiger charge is -2.14. The molecule has 2 rings (SSSR count). The number of nitrogens with zero attached hydrogens (tertiary/aromatic N) is 1. The zero-order valence-corrected chi connectivity index (χ0v) is 13.4. The van der Waals surface area contributed by atoms with E-state index in [2.05, 4.69) is 10.6 Å². The lowest BCUT2D eigenvalue weighted by atomic mass is 10.1. The van der Waals surface area contributed by atoms with Gasteiger partial charge in [0.1, 0.15) is 0 Å². The summed E-state index contributed by atoms with van der Waals surface area (Å²) in [5.74, 6) is -0.704. The van der Waals surface area contributed by atoms with Gasteiger partial charge in [0.15, 0.2) is 0 Å². The highest BCUT2D eigenvalue weighted by atomic mass is 32.2. The summed E-state index contributed by atoms with van der Waals surface area (Å²) >= 11 is 1.20. The number of rotatable bonds is 7. The van der Waals surface area contributed by atoms with Crippen molar-refractivity contribution in [2.45, 2.75) is 0 Å². The minimum Gasteiger partial charge on any atom is -0.358 e. The molecule has 1 heterocycles. The summed E-state index contributed by atoms with van der Waals surface area (Å²) in [5.41, 5.74) is 0.787. The first-order valence-corrected chi connectivity index (χ1v) is 8.20. The molecule has 0 aromatic heterocycles.